The highest BCUT2D eigenvalue weighted by molar-refractivity contribution is 5.95. The first-order valence-corrected chi connectivity index (χ1v) is 17.3. The van der Waals surface area contributed by atoms with Gasteiger partial charge in [0.05, 0.1) is 30.9 Å². The van der Waals surface area contributed by atoms with Crippen molar-refractivity contribution < 1.29 is 52.9 Å². The molecule has 1 aromatic rings. The quantitative estimate of drug-likeness (QED) is 0.0458. The van der Waals surface area contributed by atoms with Gasteiger partial charge in [-0.3, -0.25) is 19.6 Å². The Morgan fingerprint density at radius 3 is 2.31 bits per heavy atom. The lowest BCUT2D eigenvalue weighted by Gasteiger charge is -2.38. The fraction of sp³-hybridized carbons (Fsp3) is 0.425. The van der Waals surface area contributed by atoms with Gasteiger partial charge in [0, 0.05) is 40.1 Å². The number of oxazole rings is 1. The summed E-state index contributed by atoms with van der Waals surface area (Å²) in [6.07, 6.45) is 22.3. The molecule has 0 bridgehead atoms. The van der Waals surface area contributed by atoms with Gasteiger partial charge in [-0.05, 0) is 33.3 Å². The van der Waals surface area contributed by atoms with E-state index >= 15 is 0 Å². The molecule has 1 aliphatic heterocycles. The average Bonchev–Trinajstić information content (AvgIpc) is 3.85. The first-order valence-electron chi connectivity index (χ1n) is 17.3. The lowest BCUT2D eigenvalue weighted by atomic mass is 9.81. The zero-order chi connectivity index (χ0) is 41.6. The van der Waals surface area contributed by atoms with Crippen LogP contribution in [0, 0.1) is 12.3 Å². The Morgan fingerprint density at radius 1 is 1.09 bits per heavy atom. The van der Waals surface area contributed by atoms with E-state index in [1.165, 1.54) is 27.3 Å². The molecule has 2 rings (SSSR count). The Bertz CT molecular complexity index is 1610. The normalized spacial score (nSPS) is 18.0. The van der Waals surface area contributed by atoms with Crippen LogP contribution >= 0.6 is 0 Å². The molecular formula is C40H56N4O11. The summed E-state index contributed by atoms with van der Waals surface area (Å²) in [4.78, 5) is 54.9. The molecule has 15 nitrogen and oxygen atoms in total. The highest BCUT2D eigenvalue weighted by atomic mass is 16.8. The van der Waals surface area contributed by atoms with Crippen LogP contribution in [0.5, 0.6) is 0 Å². The van der Waals surface area contributed by atoms with Crippen LogP contribution in [0.25, 0.3) is 0 Å². The Kier molecular flexibility index (Phi) is 21.1. The lowest BCUT2D eigenvalue weighted by molar-refractivity contribution is -0.246. The predicted octanol–water partition coefficient (Wildman–Crippen LogP) is 4.07. The van der Waals surface area contributed by atoms with Gasteiger partial charge in [-0.1, -0.05) is 79.5 Å². The fourth-order valence-electron chi connectivity index (χ4n) is 4.88. The van der Waals surface area contributed by atoms with E-state index < -0.39 is 53.8 Å². The third kappa shape index (κ3) is 14.5. The summed E-state index contributed by atoms with van der Waals surface area (Å²) in [5, 5.41) is 23.8. The van der Waals surface area contributed by atoms with Crippen molar-refractivity contribution in [2.24, 2.45) is 5.41 Å². The van der Waals surface area contributed by atoms with Crippen molar-refractivity contribution in [2.45, 2.75) is 65.0 Å². The number of amides is 3. The van der Waals surface area contributed by atoms with Crippen molar-refractivity contribution in [1.82, 2.24) is 20.3 Å². The maximum atomic E-state index is 13.2. The molecule has 3 N–H and O–H groups in total. The van der Waals surface area contributed by atoms with Gasteiger partial charge in [-0.15, -0.1) is 6.58 Å². The molecule has 1 saturated heterocycles. The van der Waals surface area contributed by atoms with Crippen LogP contribution in [0.2, 0.25) is 0 Å². The molecule has 0 aromatic carbocycles. The molecule has 3 amide bonds. The summed E-state index contributed by atoms with van der Waals surface area (Å²) in [6, 6.07) is -1.15. The third-order valence-electron chi connectivity index (χ3n) is 8.19. The number of likely N-dealkylation sites (N-methyl/N-ethyl adjacent to an activating group) is 1. The number of carbonyl (C=O) groups excluding carboxylic acids is 4. The van der Waals surface area contributed by atoms with Crippen LogP contribution in [0.4, 0.5) is 0 Å². The number of allylic oxidation sites excluding steroid dienone is 11. The van der Waals surface area contributed by atoms with Gasteiger partial charge in [-0.25, -0.2) is 9.78 Å². The van der Waals surface area contributed by atoms with Crippen molar-refractivity contribution in [3.63, 3.8) is 0 Å². The summed E-state index contributed by atoms with van der Waals surface area (Å²) in [5.41, 5.74) is -2.37. The minimum atomic E-state index is -2.16. The second-order valence-electron chi connectivity index (χ2n) is 12.6. The van der Waals surface area contributed by atoms with Gasteiger partial charge < -0.3 is 38.7 Å². The van der Waals surface area contributed by atoms with Gasteiger partial charge in [0.15, 0.2) is 18.7 Å². The Morgan fingerprint density at radius 2 is 1.75 bits per heavy atom. The Balaban J connectivity index is 0.000000559. The first-order chi connectivity index (χ1) is 26.0. The molecule has 1 fully saturated rings. The zero-order valence-corrected chi connectivity index (χ0v) is 33.0. The SMILES string of the molecule is C=C/C=C/C=C/C=C/C(=O)N(O)C1(C(=O)N(C)C(C(=O)OC)C(C)OC)COCO1.C=CCNC(=O)C(C)(C)C(O)\C(C)=C/C=C\C=C\Cc1cnc(C)o1. The molecule has 2 heterocycles. The molecule has 15 heteroatoms. The molecule has 1 aliphatic rings. The van der Waals surface area contributed by atoms with Gasteiger partial charge in [0.2, 0.25) is 5.91 Å². The van der Waals surface area contributed by atoms with E-state index in [0.29, 0.717) is 24.4 Å². The number of nitrogens with one attached hydrogen (secondary N) is 1. The van der Waals surface area contributed by atoms with Crippen LogP contribution in [0.1, 0.15) is 39.3 Å². The largest absolute Gasteiger partial charge is 0.467 e. The topological polar surface area (TPSA) is 190 Å². The second kappa shape index (κ2) is 24.3. The number of hydroxylamine groups is 2. The third-order valence-corrected chi connectivity index (χ3v) is 8.19. The van der Waals surface area contributed by atoms with E-state index in [1.54, 1.807) is 76.4 Å². The van der Waals surface area contributed by atoms with E-state index in [1.807, 2.05) is 31.2 Å². The van der Waals surface area contributed by atoms with Crippen LogP contribution in [-0.4, -0.2) is 114 Å². The molecule has 0 radical (unpaired) electrons. The number of methoxy groups -OCH3 is 2. The highest BCUT2D eigenvalue weighted by Crippen LogP contribution is 2.28. The van der Waals surface area contributed by atoms with Crippen LogP contribution < -0.4 is 5.32 Å². The number of carbonyl (C=O) groups is 4. The van der Waals surface area contributed by atoms with Crippen molar-refractivity contribution >= 4 is 23.7 Å². The molecule has 0 saturated carbocycles. The second-order valence-corrected chi connectivity index (χ2v) is 12.6. The van der Waals surface area contributed by atoms with Crippen LogP contribution in [0.3, 0.4) is 0 Å². The molecule has 4 atom stereocenters. The van der Waals surface area contributed by atoms with Crippen molar-refractivity contribution in [2.75, 3.05) is 41.2 Å². The number of aromatic nitrogens is 1. The Labute approximate surface area is 323 Å². The smallest absolute Gasteiger partial charge is 0.331 e. The standard InChI is InChI=1S/C20H28N2O8.C20H28N2O3/c1-6-7-8-9-10-11-12-16(23)22(26)20(13-29-14-30-20)19(25)21(3)17(15(2)27-4)18(24)28-5;1-6-13-21-19(24)20(4,5)18(23)15(2)11-9-7-8-10-12-17-14-22-16(3)25-17/h6-12,15,17,26H,1,13-14H2,2-5H3;6-11,14,18,23H,1,12-13H2,2-5H3,(H,21,24)/b8-7+,10-9+,12-11+;9-7-,10-8+,15-11-. The summed E-state index contributed by atoms with van der Waals surface area (Å²) >= 11 is 0. The van der Waals surface area contributed by atoms with Crippen LogP contribution in [-0.2, 0) is 44.5 Å². The minimum Gasteiger partial charge on any atom is -0.467 e. The summed E-state index contributed by atoms with van der Waals surface area (Å²) in [7, 11) is 3.85. The lowest BCUT2D eigenvalue weighted by Crippen LogP contribution is -2.64. The van der Waals surface area contributed by atoms with E-state index in [-0.39, 0.29) is 17.8 Å². The maximum absolute atomic E-state index is 13.2. The average molecular weight is 769 g/mol. The van der Waals surface area contributed by atoms with E-state index in [4.69, 9.17) is 23.4 Å². The van der Waals surface area contributed by atoms with E-state index in [0.717, 1.165) is 16.7 Å². The maximum Gasteiger partial charge on any atom is 0.331 e. The molecule has 55 heavy (non-hydrogen) atoms. The number of aryl methyl sites for hydroxylation is 1. The molecule has 4 unspecified atom stereocenters. The van der Waals surface area contributed by atoms with Gasteiger partial charge in [0.1, 0.15) is 12.4 Å². The van der Waals surface area contributed by atoms with Crippen LogP contribution in [0.15, 0.2) is 108 Å². The predicted molar refractivity (Wildman–Crippen MR) is 206 cm³/mol. The van der Waals surface area contributed by atoms with Crippen molar-refractivity contribution in [3.8, 4) is 0 Å². The van der Waals surface area contributed by atoms with Crippen molar-refractivity contribution in [1.29, 1.82) is 0 Å². The number of aliphatic hydroxyl groups excluding tert-OH is 1. The zero-order valence-electron chi connectivity index (χ0n) is 33.0. The van der Waals surface area contributed by atoms with Crippen molar-refractivity contribution in [3.05, 3.63) is 116 Å². The summed E-state index contributed by atoms with van der Waals surface area (Å²) < 4.78 is 25.7. The van der Waals surface area contributed by atoms with Gasteiger partial charge >= 0.3 is 5.97 Å². The monoisotopic (exact) mass is 768 g/mol. The number of hydrogen-bond acceptors (Lipinski definition) is 12. The first kappa shape index (κ1) is 47.8. The number of ether oxygens (including phenoxy) is 4. The molecule has 302 valence electrons. The minimum absolute atomic E-state index is 0.147. The molecule has 1 aromatic heterocycles. The van der Waals surface area contributed by atoms with Gasteiger partial charge in [0.25, 0.3) is 17.5 Å². The number of esters is 1. The van der Waals surface area contributed by atoms with Gasteiger partial charge in [-0.2, -0.15) is 5.06 Å². The number of hydrogen-bond donors (Lipinski definition) is 3. The van der Waals surface area contributed by atoms with E-state index in [9.17, 15) is 29.5 Å². The van der Waals surface area contributed by atoms with E-state index in [2.05, 4.69) is 23.5 Å². The summed E-state index contributed by atoms with van der Waals surface area (Å²) in [6.45, 7) is 15.3. The Hall–Kier alpha value is -5.19. The highest BCUT2D eigenvalue weighted by Gasteiger charge is 2.54. The fourth-order valence-corrected chi connectivity index (χ4v) is 4.88. The molecular weight excluding hydrogens is 712 g/mol. The summed E-state index contributed by atoms with van der Waals surface area (Å²) in [5.74, 6) is -1.27. The number of aliphatic hydroxyl groups is 1. The molecule has 0 spiro atoms. The number of rotatable bonds is 19. The number of nitrogens with zero attached hydrogens (tertiary/aromatic N) is 3. The molecule has 0 aliphatic carbocycles.